The maximum Gasteiger partial charge on any atom is 0.416 e. The number of aromatic nitrogens is 3. The molecular formula is C21H18F3N3O2S. The molecule has 0 aliphatic heterocycles. The highest BCUT2D eigenvalue weighted by atomic mass is 32.2. The van der Waals surface area contributed by atoms with Gasteiger partial charge in [0.2, 0.25) is 0 Å². The summed E-state index contributed by atoms with van der Waals surface area (Å²) in [5.74, 6) is 5.93. The molecule has 0 amide bonds. The molecule has 0 radical (unpaired) electrons. The van der Waals surface area contributed by atoms with E-state index in [0.717, 1.165) is 29.6 Å². The quantitative estimate of drug-likeness (QED) is 0.592. The monoisotopic (exact) mass is 433 g/mol. The molecule has 2 aromatic heterocycles. The van der Waals surface area contributed by atoms with Crippen molar-refractivity contribution in [2.75, 3.05) is 6.26 Å². The van der Waals surface area contributed by atoms with Crippen LogP contribution in [0.1, 0.15) is 27.9 Å². The molecule has 3 rings (SSSR count). The molecule has 1 aromatic carbocycles. The second kappa shape index (κ2) is 8.32. The summed E-state index contributed by atoms with van der Waals surface area (Å²) in [6.45, 7) is 0. The van der Waals surface area contributed by atoms with Crippen molar-refractivity contribution in [3.05, 3.63) is 76.7 Å². The van der Waals surface area contributed by atoms with Crippen molar-refractivity contribution >= 4 is 9.84 Å². The summed E-state index contributed by atoms with van der Waals surface area (Å²) in [7, 11) is -1.60. The number of benzene rings is 1. The lowest BCUT2D eigenvalue weighted by Gasteiger charge is -2.08. The third-order valence-corrected chi connectivity index (χ3v) is 5.45. The number of alkyl halides is 3. The SMILES string of the molecule is Cn1ncc(C#Cc2ccc(S(C)(=O)=O)nc2)c1CCc1ccc(C(F)(F)F)cc1. The molecule has 0 saturated heterocycles. The van der Waals surface area contributed by atoms with Crippen LogP contribution in [0.3, 0.4) is 0 Å². The zero-order chi connectivity index (χ0) is 21.9. The van der Waals surface area contributed by atoms with Gasteiger partial charge in [-0.2, -0.15) is 18.3 Å². The highest BCUT2D eigenvalue weighted by Gasteiger charge is 2.29. The average Bonchev–Trinajstić information content (AvgIpc) is 3.03. The van der Waals surface area contributed by atoms with E-state index in [-0.39, 0.29) is 5.03 Å². The van der Waals surface area contributed by atoms with Crippen LogP contribution in [0.5, 0.6) is 0 Å². The Kier molecular flexibility index (Phi) is 5.99. The van der Waals surface area contributed by atoms with Crippen molar-refractivity contribution in [3.63, 3.8) is 0 Å². The van der Waals surface area contributed by atoms with Crippen LogP contribution in [-0.4, -0.2) is 29.4 Å². The number of hydrogen-bond donors (Lipinski definition) is 0. The van der Waals surface area contributed by atoms with Crippen LogP contribution in [0.2, 0.25) is 0 Å². The van der Waals surface area contributed by atoms with Crippen LogP contribution in [0.25, 0.3) is 0 Å². The fourth-order valence-corrected chi connectivity index (χ4v) is 3.36. The van der Waals surface area contributed by atoms with Gasteiger partial charge in [-0.05, 0) is 42.7 Å². The summed E-state index contributed by atoms with van der Waals surface area (Å²) in [4.78, 5) is 3.90. The number of nitrogens with zero attached hydrogens (tertiary/aromatic N) is 3. The molecule has 5 nitrogen and oxygen atoms in total. The van der Waals surface area contributed by atoms with E-state index in [9.17, 15) is 21.6 Å². The molecule has 156 valence electrons. The Morgan fingerprint density at radius 3 is 2.27 bits per heavy atom. The van der Waals surface area contributed by atoms with Gasteiger partial charge in [-0.1, -0.05) is 24.0 Å². The van der Waals surface area contributed by atoms with Gasteiger partial charge in [-0.25, -0.2) is 13.4 Å². The lowest BCUT2D eigenvalue weighted by Crippen LogP contribution is -2.05. The zero-order valence-corrected chi connectivity index (χ0v) is 17.0. The molecule has 3 aromatic rings. The summed E-state index contributed by atoms with van der Waals surface area (Å²) >= 11 is 0. The zero-order valence-electron chi connectivity index (χ0n) is 16.2. The molecule has 30 heavy (non-hydrogen) atoms. The van der Waals surface area contributed by atoms with Crippen molar-refractivity contribution in [1.82, 2.24) is 14.8 Å². The first-order valence-corrected chi connectivity index (χ1v) is 10.8. The van der Waals surface area contributed by atoms with Gasteiger partial charge in [0, 0.05) is 25.1 Å². The predicted molar refractivity (Wildman–Crippen MR) is 105 cm³/mol. The number of hydrogen-bond acceptors (Lipinski definition) is 4. The van der Waals surface area contributed by atoms with E-state index in [2.05, 4.69) is 21.9 Å². The minimum atomic E-state index is -4.35. The predicted octanol–water partition coefficient (Wildman–Crippen LogP) is 3.42. The summed E-state index contributed by atoms with van der Waals surface area (Å²) in [6, 6.07) is 8.07. The van der Waals surface area contributed by atoms with E-state index in [1.165, 1.54) is 24.4 Å². The fraction of sp³-hybridized carbons (Fsp3) is 0.238. The maximum absolute atomic E-state index is 12.7. The third kappa shape index (κ3) is 5.27. The molecule has 0 spiro atoms. The van der Waals surface area contributed by atoms with Crippen LogP contribution < -0.4 is 0 Å². The summed E-state index contributed by atoms with van der Waals surface area (Å²) in [5, 5.41) is 4.18. The van der Waals surface area contributed by atoms with E-state index in [4.69, 9.17) is 0 Å². The van der Waals surface area contributed by atoms with E-state index < -0.39 is 21.6 Å². The topological polar surface area (TPSA) is 64.8 Å². The standard InChI is InChI=1S/C21H18F3N3O2S/c1-27-19(11-6-15-4-9-18(10-5-15)21(22,23)24)17(14-26-27)8-3-16-7-12-20(25-13-16)30(2,28)29/h4-5,7,9-10,12-14H,6,11H2,1-2H3. The van der Waals surface area contributed by atoms with Crippen LogP contribution >= 0.6 is 0 Å². The Labute approximate surface area is 172 Å². The normalized spacial score (nSPS) is 11.8. The van der Waals surface area contributed by atoms with Crippen LogP contribution in [0.15, 0.2) is 53.8 Å². The lowest BCUT2D eigenvalue weighted by molar-refractivity contribution is -0.137. The van der Waals surface area contributed by atoms with Crippen molar-refractivity contribution in [1.29, 1.82) is 0 Å². The molecule has 0 bridgehead atoms. The minimum Gasteiger partial charge on any atom is -0.271 e. The first kappa shape index (κ1) is 21.6. The van der Waals surface area contributed by atoms with E-state index in [0.29, 0.717) is 24.0 Å². The van der Waals surface area contributed by atoms with Crippen LogP contribution in [0, 0.1) is 11.8 Å². The Bertz CT molecular complexity index is 1200. The molecule has 0 atom stereocenters. The highest BCUT2D eigenvalue weighted by Crippen LogP contribution is 2.29. The molecule has 0 aliphatic rings. The van der Waals surface area contributed by atoms with Gasteiger partial charge in [0.15, 0.2) is 14.9 Å². The van der Waals surface area contributed by atoms with Crippen LogP contribution in [0.4, 0.5) is 13.2 Å². The highest BCUT2D eigenvalue weighted by molar-refractivity contribution is 7.90. The van der Waals surface area contributed by atoms with Gasteiger partial charge in [-0.3, -0.25) is 4.68 Å². The molecule has 0 aliphatic carbocycles. The average molecular weight is 433 g/mol. The smallest absolute Gasteiger partial charge is 0.271 e. The summed E-state index contributed by atoms with van der Waals surface area (Å²) in [5.41, 5.74) is 2.21. The Morgan fingerprint density at radius 1 is 1.00 bits per heavy atom. The Morgan fingerprint density at radius 2 is 1.70 bits per heavy atom. The van der Waals surface area contributed by atoms with E-state index >= 15 is 0 Å². The fourth-order valence-electron chi connectivity index (χ4n) is 2.80. The van der Waals surface area contributed by atoms with E-state index in [1.807, 2.05) is 0 Å². The first-order chi connectivity index (χ1) is 14.0. The van der Waals surface area contributed by atoms with Gasteiger partial charge >= 0.3 is 6.18 Å². The molecule has 0 fully saturated rings. The largest absolute Gasteiger partial charge is 0.416 e. The second-order valence-corrected chi connectivity index (χ2v) is 8.69. The Hall–Kier alpha value is -3.12. The van der Waals surface area contributed by atoms with Gasteiger partial charge in [0.25, 0.3) is 0 Å². The second-order valence-electron chi connectivity index (χ2n) is 6.73. The number of sulfone groups is 1. The molecule has 0 saturated carbocycles. The number of pyridine rings is 1. The van der Waals surface area contributed by atoms with Crippen molar-refractivity contribution in [2.45, 2.75) is 24.0 Å². The first-order valence-electron chi connectivity index (χ1n) is 8.89. The molecular weight excluding hydrogens is 415 g/mol. The van der Waals surface area contributed by atoms with E-state index in [1.54, 1.807) is 24.0 Å². The lowest BCUT2D eigenvalue weighted by atomic mass is 10.0. The number of rotatable bonds is 4. The summed E-state index contributed by atoms with van der Waals surface area (Å²) in [6.07, 6.45) is 0.833. The summed E-state index contributed by atoms with van der Waals surface area (Å²) < 4.78 is 62.6. The third-order valence-electron chi connectivity index (χ3n) is 4.45. The van der Waals surface area contributed by atoms with Gasteiger partial charge in [0.05, 0.1) is 23.0 Å². The minimum absolute atomic E-state index is 0.0216. The number of aryl methyl sites for hydroxylation is 2. The molecule has 2 heterocycles. The van der Waals surface area contributed by atoms with Gasteiger partial charge in [0.1, 0.15) is 0 Å². The van der Waals surface area contributed by atoms with Crippen molar-refractivity contribution in [3.8, 4) is 11.8 Å². The van der Waals surface area contributed by atoms with Gasteiger partial charge < -0.3 is 0 Å². The Balaban J connectivity index is 1.74. The van der Waals surface area contributed by atoms with Crippen LogP contribution in [-0.2, 0) is 35.9 Å². The molecule has 9 heteroatoms. The maximum atomic E-state index is 12.7. The van der Waals surface area contributed by atoms with Crippen molar-refractivity contribution < 1.29 is 21.6 Å². The van der Waals surface area contributed by atoms with Crippen molar-refractivity contribution in [2.24, 2.45) is 7.05 Å². The van der Waals surface area contributed by atoms with Gasteiger partial charge in [-0.15, -0.1) is 0 Å². The molecule has 0 N–H and O–H groups in total. The number of halogens is 3. The molecule has 0 unspecified atom stereocenters.